The highest BCUT2D eigenvalue weighted by molar-refractivity contribution is 6.37. The first-order chi connectivity index (χ1) is 14.6. The van der Waals surface area contributed by atoms with Crippen molar-refractivity contribution in [1.82, 2.24) is 9.66 Å². The largest absolute Gasteiger partial charge is 0.491 e. The highest BCUT2D eigenvalue weighted by atomic mass is 35.5. The van der Waals surface area contributed by atoms with E-state index in [1.807, 2.05) is 25.1 Å². The molecule has 0 atom stereocenters. The Morgan fingerprint density at radius 2 is 1.87 bits per heavy atom. The van der Waals surface area contributed by atoms with Gasteiger partial charge in [-0.1, -0.05) is 54.6 Å². The molecule has 1 aliphatic carbocycles. The van der Waals surface area contributed by atoms with Gasteiger partial charge in [-0.2, -0.15) is 9.78 Å². The van der Waals surface area contributed by atoms with Crippen LogP contribution < -0.4 is 10.3 Å². The minimum Gasteiger partial charge on any atom is -0.491 e. The summed E-state index contributed by atoms with van der Waals surface area (Å²) in [6.07, 6.45) is 7.13. The number of benzene rings is 2. The third-order valence-corrected chi connectivity index (χ3v) is 5.94. The van der Waals surface area contributed by atoms with Crippen LogP contribution >= 0.6 is 23.2 Å². The quantitative estimate of drug-likeness (QED) is 0.452. The zero-order chi connectivity index (χ0) is 21.1. The molecule has 7 heteroatoms. The molecular formula is C23H23Cl2N3O2. The Bertz CT molecular complexity index is 1130. The molecule has 0 spiro atoms. The molecule has 30 heavy (non-hydrogen) atoms. The van der Waals surface area contributed by atoms with Crippen LogP contribution in [0, 0.1) is 0 Å². The van der Waals surface area contributed by atoms with Gasteiger partial charge in [-0.15, -0.1) is 0 Å². The highest BCUT2D eigenvalue weighted by Gasteiger charge is 2.22. The Labute approximate surface area is 185 Å². The number of hydrogen-bond donors (Lipinski definition) is 0. The van der Waals surface area contributed by atoms with Crippen molar-refractivity contribution in [1.29, 1.82) is 0 Å². The van der Waals surface area contributed by atoms with Gasteiger partial charge in [0.05, 0.1) is 33.8 Å². The number of rotatable bonds is 5. The zero-order valence-electron chi connectivity index (χ0n) is 16.8. The van der Waals surface area contributed by atoms with Crippen LogP contribution in [-0.2, 0) is 0 Å². The SMILES string of the molecule is CCOc1c(Cl)cc(C=Nn2c(C3CCCCC3)nc3ccccc3c2=O)cc1Cl. The molecule has 0 aliphatic heterocycles. The molecule has 0 unspecified atom stereocenters. The third-order valence-electron chi connectivity index (χ3n) is 5.38. The van der Waals surface area contributed by atoms with E-state index in [1.54, 1.807) is 24.4 Å². The van der Waals surface area contributed by atoms with Crippen molar-refractivity contribution in [3.05, 3.63) is 68.2 Å². The molecular weight excluding hydrogens is 421 g/mol. The number of hydrogen-bond acceptors (Lipinski definition) is 4. The van der Waals surface area contributed by atoms with Gasteiger partial charge in [0.25, 0.3) is 5.56 Å². The second kappa shape index (κ2) is 9.19. The summed E-state index contributed by atoms with van der Waals surface area (Å²) in [6.45, 7) is 2.34. The molecule has 156 valence electrons. The maximum Gasteiger partial charge on any atom is 0.282 e. The van der Waals surface area contributed by atoms with Crippen molar-refractivity contribution in [3.63, 3.8) is 0 Å². The molecule has 1 aliphatic rings. The molecule has 5 nitrogen and oxygen atoms in total. The maximum absolute atomic E-state index is 13.2. The van der Waals surface area contributed by atoms with E-state index >= 15 is 0 Å². The molecule has 0 saturated heterocycles. The van der Waals surface area contributed by atoms with Gasteiger partial charge in [0.1, 0.15) is 5.82 Å². The lowest BCUT2D eigenvalue weighted by atomic mass is 9.88. The average Bonchev–Trinajstić information content (AvgIpc) is 2.76. The summed E-state index contributed by atoms with van der Waals surface area (Å²) in [7, 11) is 0. The first-order valence-corrected chi connectivity index (χ1v) is 11.0. The van der Waals surface area contributed by atoms with Gasteiger partial charge in [-0.3, -0.25) is 4.79 Å². The lowest BCUT2D eigenvalue weighted by Gasteiger charge is -2.22. The summed E-state index contributed by atoms with van der Waals surface area (Å²) in [6, 6.07) is 10.8. The molecule has 1 aromatic heterocycles. The van der Waals surface area contributed by atoms with Crippen LogP contribution in [0.5, 0.6) is 5.75 Å². The summed E-state index contributed by atoms with van der Waals surface area (Å²) in [5.74, 6) is 1.39. The van der Waals surface area contributed by atoms with Crippen molar-refractivity contribution >= 4 is 40.3 Å². The summed E-state index contributed by atoms with van der Waals surface area (Å²) >= 11 is 12.6. The Morgan fingerprint density at radius 1 is 1.17 bits per heavy atom. The smallest absolute Gasteiger partial charge is 0.282 e. The van der Waals surface area contributed by atoms with Gasteiger partial charge in [0.2, 0.25) is 0 Å². The topological polar surface area (TPSA) is 56.5 Å². The lowest BCUT2D eigenvalue weighted by Crippen LogP contribution is -2.25. The summed E-state index contributed by atoms with van der Waals surface area (Å²) in [5, 5.41) is 5.88. The molecule has 1 fully saturated rings. The minimum absolute atomic E-state index is 0.166. The number of nitrogens with zero attached hydrogens (tertiary/aromatic N) is 3. The lowest BCUT2D eigenvalue weighted by molar-refractivity contribution is 0.340. The van der Waals surface area contributed by atoms with Crippen LogP contribution in [0.15, 0.2) is 46.3 Å². The van der Waals surface area contributed by atoms with Crippen molar-refractivity contribution in [2.24, 2.45) is 5.10 Å². The third kappa shape index (κ3) is 4.23. The van der Waals surface area contributed by atoms with E-state index in [0.717, 1.165) is 31.5 Å². The standard InChI is InChI=1S/C23H23Cl2N3O2/c1-2-30-21-18(24)12-15(13-19(21)25)14-26-28-22(16-8-4-3-5-9-16)27-20-11-7-6-10-17(20)23(28)29/h6-7,10-14,16H,2-5,8-9H2,1H3. The van der Waals surface area contributed by atoms with Crippen molar-refractivity contribution < 1.29 is 4.74 Å². The van der Waals surface area contributed by atoms with Crippen molar-refractivity contribution in [3.8, 4) is 5.75 Å². The van der Waals surface area contributed by atoms with Crippen LogP contribution in [0.2, 0.25) is 10.0 Å². The number of ether oxygens (including phenoxy) is 1. The predicted octanol–water partition coefficient (Wildman–Crippen LogP) is 6.03. The highest BCUT2D eigenvalue weighted by Crippen LogP contribution is 2.34. The molecule has 0 amide bonds. The molecule has 2 aromatic carbocycles. The van der Waals surface area contributed by atoms with Gasteiger partial charge in [-0.05, 0) is 49.6 Å². The Kier molecular flexibility index (Phi) is 6.40. The molecule has 0 radical (unpaired) electrons. The zero-order valence-corrected chi connectivity index (χ0v) is 18.3. The molecule has 1 saturated carbocycles. The van der Waals surface area contributed by atoms with Crippen molar-refractivity contribution in [2.75, 3.05) is 6.61 Å². The second-order valence-electron chi connectivity index (χ2n) is 7.43. The fourth-order valence-electron chi connectivity index (χ4n) is 3.94. The Morgan fingerprint density at radius 3 is 2.57 bits per heavy atom. The maximum atomic E-state index is 13.2. The molecule has 1 heterocycles. The molecule has 0 N–H and O–H groups in total. The molecule has 3 aromatic rings. The van der Waals surface area contributed by atoms with Gasteiger partial charge >= 0.3 is 0 Å². The van der Waals surface area contributed by atoms with E-state index in [-0.39, 0.29) is 11.5 Å². The van der Waals surface area contributed by atoms with Crippen LogP contribution in [0.4, 0.5) is 0 Å². The summed E-state index contributed by atoms with van der Waals surface area (Å²) in [4.78, 5) is 18.0. The normalized spacial score (nSPS) is 15.2. The summed E-state index contributed by atoms with van der Waals surface area (Å²) in [5.41, 5.74) is 1.23. The van der Waals surface area contributed by atoms with E-state index in [9.17, 15) is 4.79 Å². The number of halogens is 2. The fraction of sp³-hybridized carbons (Fsp3) is 0.348. The van der Waals surface area contributed by atoms with Crippen LogP contribution in [0.25, 0.3) is 10.9 Å². The molecule has 4 rings (SSSR count). The minimum atomic E-state index is -0.166. The monoisotopic (exact) mass is 443 g/mol. The van der Waals surface area contributed by atoms with Gasteiger partial charge in [0, 0.05) is 5.92 Å². The van der Waals surface area contributed by atoms with E-state index in [1.165, 1.54) is 11.1 Å². The van der Waals surface area contributed by atoms with Crippen molar-refractivity contribution in [2.45, 2.75) is 44.9 Å². The van der Waals surface area contributed by atoms with E-state index in [0.29, 0.717) is 38.9 Å². The molecule has 0 bridgehead atoms. The predicted molar refractivity (Wildman–Crippen MR) is 122 cm³/mol. The van der Waals surface area contributed by atoms with Gasteiger partial charge < -0.3 is 4.74 Å². The van der Waals surface area contributed by atoms with Gasteiger partial charge in [-0.25, -0.2) is 4.98 Å². The first-order valence-electron chi connectivity index (χ1n) is 10.3. The number of aromatic nitrogens is 2. The van der Waals surface area contributed by atoms with Crippen LogP contribution in [0.3, 0.4) is 0 Å². The number of para-hydroxylation sites is 1. The first kappa shape index (κ1) is 20.9. The second-order valence-corrected chi connectivity index (χ2v) is 8.24. The van der Waals surface area contributed by atoms with E-state index in [2.05, 4.69) is 5.10 Å². The van der Waals surface area contributed by atoms with Gasteiger partial charge in [0.15, 0.2) is 5.75 Å². The Hall–Kier alpha value is -2.37. The van der Waals surface area contributed by atoms with E-state index in [4.69, 9.17) is 32.9 Å². The Balaban J connectivity index is 1.79. The van der Waals surface area contributed by atoms with Crippen LogP contribution in [0.1, 0.15) is 56.3 Å². The van der Waals surface area contributed by atoms with Crippen LogP contribution in [-0.4, -0.2) is 22.5 Å². The number of fused-ring (bicyclic) bond motifs is 1. The average molecular weight is 444 g/mol. The fourth-order valence-corrected chi connectivity index (χ4v) is 4.55. The van der Waals surface area contributed by atoms with E-state index < -0.39 is 0 Å². The summed E-state index contributed by atoms with van der Waals surface area (Å²) < 4.78 is 6.92.